The summed E-state index contributed by atoms with van der Waals surface area (Å²) in [6.07, 6.45) is 0. The van der Waals surface area contributed by atoms with E-state index in [1.807, 2.05) is 60.7 Å². The van der Waals surface area contributed by atoms with Gasteiger partial charge in [0.25, 0.3) is 0 Å². The number of benzene rings is 3. The molecule has 2 aromatic heterocycles. The van der Waals surface area contributed by atoms with Crippen LogP contribution in [0.4, 0.5) is 5.69 Å². The molecule has 0 bridgehead atoms. The minimum atomic E-state index is 0.574. The van der Waals surface area contributed by atoms with Gasteiger partial charge in [0.1, 0.15) is 11.3 Å². The van der Waals surface area contributed by atoms with Crippen LogP contribution in [0.5, 0.6) is 5.75 Å². The van der Waals surface area contributed by atoms with Gasteiger partial charge in [-0.25, -0.2) is 9.83 Å². The molecule has 0 saturated carbocycles. The van der Waals surface area contributed by atoms with E-state index in [0.29, 0.717) is 22.2 Å². The van der Waals surface area contributed by atoms with Gasteiger partial charge in [-0.3, -0.25) is 0 Å². The fourth-order valence-electron chi connectivity index (χ4n) is 3.56. The summed E-state index contributed by atoms with van der Waals surface area (Å²) in [6.45, 7) is 7.31. The van der Waals surface area contributed by atoms with Crippen molar-refractivity contribution in [2.75, 3.05) is 7.11 Å². The van der Waals surface area contributed by atoms with Gasteiger partial charge < -0.3 is 9.72 Å². The van der Waals surface area contributed by atoms with Crippen molar-refractivity contribution in [3.05, 3.63) is 83.7 Å². The van der Waals surface area contributed by atoms with E-state index in [1.54, 1.807) is 7.11 Å². The zero-order chi connectivity index (χ0) is 21.2. The number of aromatic nitrogens is 4. The summed E-state index contributed by atoms with van der Waals surface area (Å²) >= 11 is 1.47. The number of nitrogens with zero attached hydrogens (tertiary/aromatic N) is 4. The van der Waals surface area contributed by atoms with Crippen molar-refractivity contribution in [2.45, 2.75) is 10.9 Å². The molecule has 0 saturated heterocycles. The molecular formula is C24H17N5OS. The number of H-pyrrole nitrogens is 1. The van der Waals surface area contributed by atoms with Crippen LogP contribution in [0.2, 0.25) is 0 Å². The predicted octanol–water partition coefficient (Wildman–Crippen LogP) is 6.02. The van der Waals surface area contributed by atoms with Gasteiger partial charge in [0.05, 0.1) is 13.7 Å². The first-order valence-electron chi connectivity index (χ1n) is 9.64. The van der Waals surface area contributed by atoms with Crippen LogP contribution in [0.3, 0.4) is 0 Å². The lowest BCUT2D eigenvalue weighted by atomic mass is 10.0. The number of ether oxygens (including phenoxy) is 1. The summed E-state index contributed by atoms with van der Waals surface area (Å²) in [5.41, 5.74) is 6.16. The first-order valence-corrected chi connectivity index (χ1v) is 10.6. The monoisotopic (exact) mass is 423 g/mol. The smallest absolute Gasteiger partial charge is 0.211 e. The van der Waals surface area contributed by atoms with E-state index in [4.69, 9.17) is 11.3 Å². The maximum Gasteiger partial charge on any atom is 0.211 e. The number of hydrogen-bond acceptors (Lipinski definition) is 5. The number of methoxy groups -OCH3 is 1. The Labute approximate surface area is 183 Å². The number of rotatable bonds is 5. The number of para-hydroxylation sites is 1. The zero-order valence-electron chi connectivity index (χ0n) is 16.7. The third-order valence-electron chi connectivity index (χ3n) is 5.09. The van der Waals surface area contributed by atoms with Crippen LogP contribution < -0.4 is 4.74 Å². The third-order valence-corrected chi connectivity index (χ3v) is 5.98. The Hall–Kier alpha value is -3.89. The molecule has 2 heterocycles. The van der Waals surface area contributed by atoms with Gasteiger partial charge in [-0.05, 0) is 34.9 Å². The summed E-state index contributed by atoms with van der Waals surface area (Å²) < 4.78 is 5.27. The molecule has 0 radical (unpaired) electrons. The van der Waals surface area contributed by atoms with Gasteiger partial charge in [0, 0.05) is 16.7 Å². The van der Waals surface area contributed by atoms with E-state index >= 15 is 0 Å². The van der Waals surface area contributed by atoms with Crippen molar-refractivity contribution in [3.8, 4) is 16.9 Å². The quantitative estimate of drug-likeness (QED) is 0.276. The van der Waals surface area contributed by atoms with E-state index in [1.165, 1.54) is 11.8 Å². The normalized spacial score (nSPS) is 11.0. The van der Waals surface area contributed by atoms with Crippen molar-refractivity contribution in [3.63, 3.8) is 0 Å². The summed E-state index contributed by atoms with van der Waals surface area (Å²) in [5.74, 6) is 1.43. The lowest BCUT2D eigenvalue weighted by molar-refractivity contribution is 0.415. The highest BCUT2D eigenvalue weighted by Crippen LogP contribution is 2.34. The maximum atomic E-state index is 7.31. The molecule has 7 heteroatoms. The zero-order valence-corrected chi connectivity index (χ0v) is 17.5. The SMILES string of the molecule is [C-]#[N+]c1ccccc1CSc1nnc2c(n1)[nH]c1cccc(-c3ccc(OC)cc3)c12. The Morgan fingerprint density at radius 2 is 1.84 bits per heavy atom. The summed E-state index contributed by atoms with van der Waals surface area (Å²) in [4.78, 5) is 11.6. The molecule has 5 aromatic rings. The lowest BCUT2D eigenvalue weighted by Crippen LogP contribution is -1.92. The molecule has 6 nitrogen and oxygen atoms in total. The number of aromatic amines is 1. The van der Waals surface area contributed by atoms with E-state index in [-0.39, 0.29) is 0 Å². The number of fused-ring (bicyclic) bond motifs is 3. The van der Waals surface area contributed by atoms with Crippen molar-refractivity contribution in [1.82, 2.24) is 20.2 Å². The van der Waals surface area contributed by atoms with Gasteiger partial charge in [0.2, 0.25) is 5.16 Å². The van der Waals surface area contributed by atoms with E-state index < -0.39 is 0 Å². The summed E-state index contributed by atoms with van der Waals surface area (Å²) in [6, 6.07) is 21.7. The van der Waals surface area contributed by atoms with Crippen molar-refractivity contribution in [2.24, 2.45) is 0 Å². The Kier molecular flexibility index (Phi) is 4.98. The van der Waals surface area contributed by atoms with E-state index in [0.717, 1.165) is 38.9 Å². The molecule has 5 rings (SSSR count). The highest BCUT2D eigenvalue weighted by molar-refractivity contribution is 7.98. The molecule has 31 heavy (non-hydrogen) atoms. The van der Waals surface area contributed by atoms with Crippen molar-refractivity contribution < 1.29 is 4.74 Å². The van der Waals surface area contributed by atoms with Crippen LogP contribution in [0.25, 0.3) is 38.0 Å². The number of thioether (sulfide) groups is 1. The molecule has 0 unspecified atom stereocenters. The second kappa shape index (κ2) is 8.09. The highest BCUT2D eigenvalue weighted by atomic mass is 32.2. The number of hydrogen-bond donors (Lipinski definition) is 1. The van der Waals surface area contributed by atoms with Gasteiger partial charge >= 0.3 is 0 Å². The fraction of sp³-hybridized carbons (Fsp3) is 0.0833. The molecule has 0 aliphatic heterocycles. The van der Waals surface area contributed by atoms with Crippen LogP contribution in [0.15, 0.2) is 71.9 Å². The molecule has 0 fully saturated rings. The van der Waals surface area contributed by atoms with Crippen molar-refractivity contribution in [1.29, 1.82) is 0 Å². The van der Waals surface area contributed by atoms with Crippen LogP contribution >= 0.6 is 11.8 Å². The summed E-state index contributed by atoms with van der Waals surface area (Å²) in [7, 11) is 1.66. The Balaban J connectivity index is 1.51. The second-order valence-corrected chi connectivity index (χ2v) is 7.84. The third kappa shape index (κ3) is 3.58. The number of nitrogens with one attached hydrogen (secondary N) is 1. The van der Waals surface area contributed by atoms with Crippen LogP contribution in [-0.4, -0.2) is 27.3 Å². The van der Waals surface area contributed by atoms with Gasteiger partial charge in [0.15, 0.2) is 11.3 Å². The molecular weight excluding hydrogens is 406 g/mol. The van der Waals surface area contributed by atoms with Crippen molar-refractivity contribution >= 4 is 39.5 Å². The minimum absolute atomic E-state index is 0.574. The van der Waals surface area contributed by atoms with Crippen LogP contribution in [0.1, 0.15) is 5.56 Å². The molecule has 0 atom stereocenters. The van der Waals surface area contributed by atoms with Gasteiger partial charge in [-0.2, -0.15) is 0 Å². The maximum absolute atomic E-state index is 7.31. The second-order valence-electron chi connectivity index (χ2n) is 6.90. The molecule has 0 aliphatic rings. The van der Waals surface area contributed by atoms with Crippen LogP contribution in [0, 0.1) is 6.57 Å². The van der Waals surface area contributed by atoms with Crippen LogP contribution in [-0.2, 0) is 5.75 Å². The lowest BCUT2D eigenvalue weighted by Gasteiger charge is -2.06. The average Bonchev–Trinajstić information content (AvgIpc) is 3.21. The molecule has 0 amide bonds. The average molecular weight is 424 g/mol. The predicted molar refractivity (Wildman–Crippen MR) is 123 cm³/mol. The topological polar surface area (TPSA) is 68.0 Å². The molecule has 150 valence electrons. The van der Waals surface area contributed by atoms with Gasteiger partial charge in [-0.15, -0.1) is 10.2 Å². The van der Waals surface area contributed by atoms with E-state index in [2.05, 4.69) is 31.1 Å². The van der Waals surface area contributed by atoms with Gasteiger partial charge in [-0.1, -0.05) is 60.3 Å². The minimum Gasteiger partial charge on any atom is -0.497 e. The standard InChI is InChI=1S/C24H17N5OS/c1-25-19-8-4-3-6-16(19)14-31-24-27-23-22(28-29-24)21-18(7-5-9-20(21)26-23)15-10-12-17(30-2)13-11-15/h3-13H,14H2,2H3,(H,26,27,29). The highest BCUT2D eigenvalue weighted by Gasteiger charge is 2.14. The van der Waals surface area contributed by atoms with E-state index in [9.17, 15) is 0 Å². The Bertz CT molecular complexity index is 1440. The molecule has 0 spiro atoms. The molecule has 0 aliphatic carbocycles. The Morgan fingerprint density at radius 1 is 1.00 bits per heavy atom. The fourth-order valence-corrected chi connectivity index (χ4v) is 4.35. The summed E-state index contributed by atoms with van der Waals surface area (Å²) in [5, 5.41) is 10.4. The molecule has 1 N–H and O–H groups in total. The largest absolute Gasteiger partial charge is 0.497 e. The molecule has 3 aromatic carbocycles. The first kappa shape index (κ1) is 19.1. The Morgan fingerprint density at radius 3 is 2.65 bits per heavy atom. The first-order chi connectivity index (χ1) is 15.3.